The van der Waals surface area contributed by atoms with Crippen LogP contribution in [-0.2, 0) is 4.79 Å². The van der Waals surface area contributed by atoms with Gasteiger partial charge in [0.25, 0.3) is 5.91 Å². The Balaban J connectivity index is 2.45. The molecule has 0 bridgehead atoms. The van der Waals surface area contributed by atoms with Gasteiger partial charge in [-0.05, 0) is 26.8 Å². The molecule has 0 atom stereocenters. The summed E-state index contributed by atoms with van der Waals surface area (Å²) in [6.07, 6.45) is 1.67. The van der Waals surface area contributed by atoms with E-state index in [1.165, 1.54) is 6.20 Å². The Morgan fingerprint density at radius 2 is 2.11 bits per heavy atom. The molecule has 1 aromatic heterocycles. The molecule has 0 saturated heterocycles. The molecule has 104 valence electrons. The molecular weight excluding hydrogens is 266 g/mol. The van der Waals surface area contributed by atoms with Crippen molar-refractivity contribution in [2.24, 2.45) is 0 Å². The van der Waals surface area contributed by atoms with Gasteiger partial charge >= 0.3 is 0 Å². The predicted octanol–water partition coefficient (Wildman–Crippen LogP) is 1.69. The molecule has 0 aliphatic carbocycles. The Morgan fingerprint density at radius 1 is 1.42 bits per heavy atom. The third-order valence-corrected chi connectivity index (χ3v) is 2.63. The lowest BCUT2D eigenvalue weighted by molar-refractivity contribution is -0.121. The van der Waals surface area contributed by atoms with Crippen molar-refractivity contribution in [3.05, 3.63) is 28.5 Å². The van der Waals surface area contributed by atoms with Crippen LogP contribution in [0.15, 0.2) is 12.3 Å². The molecule has 0 saturated carbocycles. The zero-order valence-corrected chi connectivity index (χ0v) is 12.0. The Bertz CT molecular complexity index is 475. The highest BCUT2D eigenvalue weighted by molar-refractivity contribution is 6.33. The predicted molar refractivity (Wildman–Crippen MR) is 74.2 cm³/mol. The summed E-state index contributed by atoms with van der Waals surface area (Å²) in [5, 5.41) is 5.74. The number of hydrogen-bond donors (Lipinski definition) is 2. The van der Waals surface area contributed by atoms with E-state index in [1.54, 1.807) is 13.0 Å². The van der Waals surface area contributed by atoms with Gasteiger partial charge < -0.3 is 10.6 Å². The molecule has 0 spiro atoms. The van der Waals surface area contributed by atoms with E-state index < -0.39 is 0 Å². The maximum Gasteiger partial charge on any atom is 0.254 e. The maximum atomic E-state index is 11.8. The molecule has 0 unspecified atom stereocenters. The number of nitrogens with zero attached hydrogens (tertiary/aromatic N) is 1. The molecule has 6 heteroatoms. The second kappa shape index (κ2) is 7.09. The second-order valence-electron chi connectivity index (χ2n) is 4.53. The lowest BCUT2D eigenvalue weighted by Gasteiger charge is -2.09. The second-order valence-corrected chi connectivity index (χ2v) is 4.94. The monoisotopic (exact) mass is 283 g/mol. The smallest absolute Gasteiger partial charge is 0.254 e. The molecule has 0 radical (unpaired) electrons. The number of nitrogens with one attached hydrogen (secondary N) is 2. The van der Waals surface area contributed by atoms with Crippen molar-refractivity contribution in [3.63, 3.8) is 0 Å². The molecule has 1 heterocycles. The lowest BCUT2D eigenvalue weighted by Crippen LogP contribution is -2.34. The van der Waals surface area contributed by atoms with E-state index in [4.69, 9.17) is 11.6 Å². The van der Waals surface area contributed by atoms with Crippen molar-refractivity contribution < 1.29 is 9.59 Å². The van der Waals surface area contributed by atoms with Gasteiger partial charge in [0.2, 0.25) is 5.91 Å². The first-order valence-electron chi connectivity index (χ1n) is 6.10. The van der Waals surface area contributed by atoms with Crippen molar-refractivity contribution in [1.29, 1.82) is 0 Å². The number of amides is 2. The van der Waals surface area contributed by atoms with E-state index in [0.29, 0.717) is 10.6 Å². The Kier molecular flexibility index (Phi) is 5.76. The molecule has 2 N–H and O–H groups in total. The average molecular weight is 284 g/mol. The summed E-state index contributed by atoms with van der Waals surface area (Å²) in [4.78, 5) is 27.2. The van der Waals surface area contributed by atoms with Crippen molar-refractivity contribution >= 4 is 23.4 Å². The molecule has 0 aliphatic heterocycles. The first-order valence-corrected chi connectivity index (χ1v) is 6.47. The number of halogens is 1. The van der Waals surface area contributed by atoms with Gasteiger partial charge in [0.05, 0.1) is 10.6 Å². The summed E-state index contributed by atoms with van der Waals surface area (Å²) in [5.74, 6) is -0.418. The Labute approximate surface area is 117 Å². The summed E-state index contributed by atoms with van der Waals surface area (Å²) >= 11 is 5.95. The van der Waals surface area contributed by atoms with E-state index in [-0.39, 0.29) is 30.8 Å². The molecule has 0 aliphatic rings. The highest BCUT2D eigenvalue weighted by Crippen LogP contribution is 2.15. The minimum atomic E-state index is -0.324. The lowest BCUT2D eigenvalue weighted by atomic mass is 10.2. The summed E-state index contributed by atoms with van der Waals surface area (Å²) in [6.45, 7) is 5.83. The summed E-state index contributed by atoms with van der Waals surface area (Å²) in [6, 6.07) is 1.72. The molecule has 0 aromatic carbocycles. The minimum Gasteiger partial charge on any atom is -0.354 e. The highest BCUT2D eigenvalue weighted by Gasteiger charge is 2.11. The number of aryl methyl sites for hydroxylation is 1. The summed E-state index contributed by atoms with van der Waals surface area (Å²) < 4.78 is 0. The van der Waals surface area contributed by atoms with Crippen molar-refractivity contribution in [3.8, 4) is 0 Å². The third-order valence-electron chi connectivity index (χ3n) is 2.32. The SMILES string of the molecule is Cc1cc(Cl)c(C(=O)NCCC(=O)NC(C)C)cn1. The zero-order chi connectivity index (χ0) is 14.4. The molecule has 1 rings (SSSR count). The Morgan fingerprint density at radius 3 is 2.68 bits per heavy atom. The number of pyridine rings is 1. The van der Waals surface area contributed by atoms with Gasteiger partial charge in [-0.1, -0.05) is 11.6 Å². The van der Waals surface area contributed by atoms with E-state index in [1.807, 2.05) is 13.8 Å². The fraction of sp³-hybridized carbons (Fsp3) is 0.462. The normalized spacial score (nSPS) is 10.4. The van der Waals surface area contributed by atoms with Crippen LogP contribution in [0.5, 0.6) is 0 Å². The summed E-state index contributed by atoms with van der Waals surface area (Å²) in [5.41, 5.74) is 1.06. The van der Waals surface area contributed by atoms with Gasteiger partial charge in [-0.3, -0.25) is 14.6 Å². The van der Waals surface area contributed by atoms with E-state index >= 15 is 0 Å². The first kappa shape index (κ1) is 15.4. The molecular formula is C13H18ClN3O2. The average Bonchev–Trinajstić information content (AvgIpc) is 2.27. The third kappa shape index (κ3) is 5.26. The van der Waals surface area contributed by atoms with E-state index in [9.17, 15) is 9.59 Å². The van der Waals surface area contributed by atoms with Gasteiger partial charge in [-0.15, -0.1) is 0 Å². The van der Waals surface area contributed by atoms with Crippen molar-refractivity contribution in [1.82, 2.24) is 15.6 Å². The molecule has 1 aromatic rings. The van der Waals surface area contributed by atoms with Gasteiger partial charge in [-0.25, -0.2) is 0 Å². The Hall–Kier alpha value is -1.62. The minimum absolute atomic E-state index is 0.0940. The van der Waals surface area contributed by atoms with Gasteiger partial charge in [0.15, 0.2) is 0 Å². The van der Waals surface area contributed by atoms with Crippen LogP contribution in [0, 0.1) is 6.92 Å². The molecule has 19 heavy (non-hydrogen) atoms. The van der Waals surface area contributed by atoms with Crippen LogP contribution < -0.4 is 10.6 Å². The van der Waals surface area contributed by atoms with Crippen LogP contribution >= 0.6 is 11.6 Å². The van der Waals surface area contributed by atoms with Crippen LogP contribution in [0.3, 0.4) is 0 Å². The van der Waals surface area contributed by atoms with Gasteiger partial charge in [-0.2, -0.15) is 0 Å². The highest BCUT2D eigenvalue weighted by atomic mass is 35.5. The molecule has 0 fully saturated rings. The van der Waals surface area contributed by atoms with Crippen molar-refractivity contribution in [2.75, 3.05) is 6.54 Å². The number of carbonyl (C=O) groups excluding carboxylic acids is 2. The number of aromatic nitrogens is 1. The van der Waals surface area contributed by atoms with Crippen LogP contribution in [0.25, 0.3) is 0 Å². The molecule has 2 amide bonds. The zero-order valence-electron chi connectivity index (χ0n) is 11.3. The van der Waals surface area contributed by atoms with Crippen LogP contribution in [-0.4, -0.2) is 29.4 Å². The van der Waals surface area contributed by atoms with Crippen LogP contribution in [0.4, 0.5) is 0 Å². The number of carbonyl (C=O) groups is 2. The fourth-order valence-corrected chi connectivity index (χ4v) is 1.76. The van der Waals surface area contributed by atoms with Crippen LogP contribution in [0.1, 0.15) is 36.3 Å². The van der Waals surface area contributed by atoms with Crippen molar-refractivity contribution in [2.45, 2.75) is 33.2 Å². The number of rotatable bonds is 5. The topological polar surface area (TPSA) is 71.1 Å². The van der Waals surface area contributed by atoms with E-state index in [0.717, 1.165) is 5.69 Å². The largest absolute Gasteiger partial charge is 0.354 e. The number of hydrogen-bond acceptors (Lipinski definition) is 3. The van der Waals surface area contributed by atoms with Crippen LogP contribution in [0.2, 0.25) is 5.02 Å². The van der Waals surface area contributed by atoms with E-state index in [2.05, 4.69) is 15.6 Å². The van der Waals surface area contributed by atoms with Gasteiger partial charge in [0, 0.05) is 30.9 Å². The summed E-state index contributed by atoms with van der Waals surface area (Å²) in [7, 11) is 0. The quantitative estimate of drug-likeness (QED) is 0.864. The maximum absolute atomic E-state index is 11.8. The first-order chi connectivity index (χ1) is 8.90. The van der Waals surface area contributed by atoms with Gasteiger partial charge in [0.1, 0.15) is 0 Å². The fourth-order valence-electron chi connectivity index (χ4n) is 1.47. The standard InChI is InChI=1S/C13H18ClN3O2/c1-8(2)17-12(18)4-5-15-13(19)10-7-16-9(3)6-11(10)14/h6-8H,4-5H2,1-3H3,(H,15,19)(H,17,18). The molecule has 5 nitrogen and oxygen atoms in total.